The largest absolute Gasteiger partial charge is 0.458 e. The number of rotatable bonds is 12. The van der Waals surface area contributed by atoms with Gasteiger partial charge in [0.05, 0.1) is 16.6 Å². The summed E-state index contributed by atoms with van der Waals surface area (Å²) >= 11 is 0. The Morgan fingerprint density at radius 2 is 1.45 bits per heavy atom. The van der Waals surface area contributed by atoms with E-state index in [1.807, 2.05) is 27.7 Å². The molecule has 6 heteroatoms. The quantitative estimate of drug-likeness (QED) is 0.265. The second kappa shape index (κ2) is 8.81. The van der Waals surface area contributed by atoms with E-state index >= 15 is 0 Å². The Labute approximate surface area is 175 Å². The molecule has 29 heavy (non-hydrogen) atoms. The van der Waals surface area contributed by atoms with E-state index in [0.29, 0.717) is 19.1 Å². The van der Waals surface area contributed by atoms with Crippen LogP contribution in [0.15, 0.2) is 0 Å². The van der Waals surface area contributed by atoms with Crippen molar-refractivity contribution in [2.75, 3.05) is 26.8 Å². The molecule has 0 aromatic heterocycles. The minimum absolute atomic E-state index is 0.112. The standard InChI is InChI=1S/C23H40O6/c1-6-9-26-17-28-22-11-18-10-21(13-22,27-16-25-8-3)14-23(12-18,15-22)29-19(24)20(4,5)7-2/h18H,6-17H2,1-5H3. The Balaban J connectivity index is 1.80. The maximum atomic E-state index is 13.0. The zero-order valence-corrected chi connectivity index (χ0v) is 19.0. The lowest BCUT2D eigenvalue weighted by molar-refractivity contribution is -0.309. The van der Waals surface area contributed by atoms with Gasteiger partial charge in [0.25, 0.3) is 0 Å². The fourth-order valence-electron chi connectivity index (χ4n) is 5.71. The zero-order valence-electron chi connectivity index (χ0n) is 19.0. The van der Waals surface area contributed by atoms with E-state index in [1.165, 1.54) is 0 Å². The first-order valence-electron chi connectivity index (χ1n) is 11.4. The van der Waals surface area contributed by atoms with Crippen molar-refractivity contribution in [1.29, 1.82) is 0 Å². The minimum atomic E-state index is -0.514. The molecule has 0 aromatic rings. The van der Waals surface area contributed by atoms with Gasteiger partial charge in [0.15, 0.2) is 0 Å². The maximum absolute atomic E-state index is 13.0. The highest BCUT2D eigenvalue weighted by molar-refractivity contribution is 5.76. The van der Waals surface area contributed by atoms with Gasteiger partial charge in [0.1, 0.15) is 19.2 Å². The molecule has 0 amide bonds. The van der Waals surface area contributed by atoms with Crippen LogP contribution in [0.4, 0.5) is 0 Å². The Morgan fingerprint density at radius 3 is 2.00 bits per heavy atom. The summed E-state index contributed by atoms with van der Waals surface area (Å²) in [6.07, 6.45) is 6.87. The summed E-state index contributed by atoms with van der Waals surface area (Å²) < 4.78 is 30.1. The molecule has 6 nitrogen and oxygen atoms in total. The normalized spacial score (nSPS) is 35.8. The van der Waals surface area contributed by atoms with Crippen molar-refractivity contribution in [1.82, 2.24) is 0 Å². The second-order valence-corrected chi connectivity index (χ2v) is 10.1. The summed E-state index contributed by atoms with van der Waals surface area (Å²) in [4.78, 5) is 13.0. The Bertz CT molecular complexity index is 578. The van der Waals surface area contributed by atoms with E-state index in [9.17, 15) is 4.79 Å². The number of carbonyl (C=O) groups is 1. The number of ether oxygens (including phenoxy) is 5. The number of esters is 1. The van der Waals surface area contributed by atoms with E-state index in [0.717, 1.165) is 51.4 Å². The molecule has 4 fully saturated rings. The Hall–Kier alpha value is -0.690. The molecule has 4 saturated carbocycles. The average molecular weight is 413 g/mol. The topological polar surface area (TPSA) is 63.2 Å². The SMILES string of the molecule is CCCOCOC12CC3CC(OCOCC)(C1)CC(OC(=O)C(C)(C)CC)(C3)C2. The molecule has 0 aromatic carbocycles. The summed E-state index contributed by atoms with van der Waals surface area (Å²) in [5.41, 5.74) is -1.70. The van der Waals surface area contributed by atoms with Gasteiger partial charge in [-0.1, -0.05) is 13.8 Å². The van der Waals surface area contributed by atoms with Gasteiger partial charge in [-0.15, -0.1) is 0 Å². The second-order valence-electron chi connectivity index (χ2n) is 10.1. The van der Waals surface area contributed by atoms with Crippen LogP contribution in [-0.4, -0.2) is 49.6 Å². The van der Waals surface area contributed by atoms with Crippen molar-refractivity contribution >= 4 is 5.97 Å². The van der Waals surface area contributed by atoms with Gasteiger partial charge in [-0.3, -0.25) is 4.79 Å². The van der Waals surface area contributed by atoms with Crippen molar-refractivity contribution < 1.29 is 28.5 Å². The predicted octanol–water partition coefficient (Wildman–Crippen LogP) is 4.59. The van der Waals surface area contributed by atoms with Crippen LogP contribution in [0, 0.1) is 11.3 Å². The molecule has 4 unspecified atom stereocenters. The van der Waals surface area contributed by atoms with E-state index in [-0.39, 0.29) is 30.8 Å². The lowest BCUT2D eigenvalue weighted by atomic mass is 9.50. The molecule has 0 radical (unpaired) electrons. The summed E-state index contributed by atoms with van der Waals surface area (Å²) in [5.74, 6) is 0.316. The van der Waals surface area contributed by atoms with Gasteiger partial charge < -0.3 is 23.7 Å². The van der Waals surface area contributed by atoms with Crippen molar-refractivity contribution in [2.24, 2.45) is 11.3 Å². The highest BCUT2D eigenvalue weighted by atomic mass is 16.7. The smallest absolute Gasteiger partial charge is 0.312 e. The van der Waals surface area contributed by atoms with Crippen molar-refractivity contribution in [3.63, 3.8) is 0 Å². The van der Waals surface area contributed by atoms with Gasteiger partial charge in [0, 0.05) is 32.5 Å². The third-order valence-electron chi connectivity index (χ3n) is 7.11. The average Bonchev–Trinajstić information content (AvgIpc) is 2.64. The van der Waals surface area contributed by atoms with Crippen molar-refractivity contribution in [2.45, 2.75) is 103 Å². The molecule has 4 atom stereocenters. The lowest BCUT2D eigenvalue weighted by Gasteiger charge is -2.64. The summed E-state index contributed by atoms with van der Waals surface area (Å²) in [6.45, 7) is 11.9. The van der Waals surface area contributed by atoms with Crippen LogP contribution in [0.25, 0.3) is 0 Å². The first-order chi connectivity index (χ1) is 13.7. The van der Waals surface area contributed by atoms with Crippen molar-refractivity contribution in [3.05, 3.63) is 0 Å². The molecule has 168 valence electrons. The number of hydrogen-bond acceptors (Lipinski definition) is 6. The highest BCUT2D eigenvalue weighted by Gasteiger charge is 2.66. The van der Waals surface area contributed by atoms with Gasteiger partial charge in [0.2, 0.25) is 0 Å². The van der Waals surface area contributed by atoms with Crippen LogP contribution in [0.1, 0.15) is 86.0 Å². The first kappa shape index (κ1) is 23.0. The fraction of sp³-hybridized carbons (Fsp3) is 0.957. The Kier molecular flexibility index (Phi) is 6.99. The summed E-state index contributed by atoms with van der Waals surface area (Å²) in [7, 11) is 0. The van der Waals surface area contributed by atoms with E-state index in [2.05, 4.69) is 6.92 Å². The molecule has 0 N–H and O–H groups in total. The van der Waals surface area contributed by atoms with Gasteiger partial charge >= 0.3 is 5.97 Å². The van der Waals surface area contributed by atoms with E-state index < -0.39 is 11.0 Å². The monoisotopic (exact) mass is 412 g/mol. The third-order valence-corrected chi connectivity index (χ3v) is 7.11. The summed E-state index contributed by atoms with van der Waals surface area (Å²) in [5, 5.41) is 0. The van der Waals surface area contributed by atoms with Crippen LogP contribution in [0.3, 0.4) is 0 Å². The molecule has 0 spiro atoms. The fourth-order valence-corrected chi connectivity index (χ4v) is 5.71. The molecular formula is C23H40O6. The van der Waals surface area contributed by atoms with E-state index in [4.69, 9.17) is 23.7 Å². The van der Waals surface area contributed by atoms with Crippen LogP contribution in [0.2, 0.25) is 0 Å². The van der Waals surface area contributed by atoms with Gasteiger partial charge in [-0.05, 0) is 58.8 Å². The highest BCUT2D eigenvalue weighted by Crippen LogP contribution is 2.63. The number of carbonyl (C=O) groups excluding carboxylic acids is 1. The van der Waals surface area contributed by atoms with E-state index in [1.54, 1.807) is 0 Å². The molecule has 4 aliphatic carbocycles. The zero-order chi connectivity index (χ0) is 21.2. The van der Waals surface area contributed by atoms with Crippen LogP contribution in [-0.2, 0) is 28.5 Å². The lowest BCUT2D eigenvalue weighted by Crippen LogP contribution is -2.68. The van der Waals surface area contributed by atoms with Crippen LogP contribution >= 0.6 is 0 Å². The molecule has 0 heterocycles. The molecular weight excluding hydrogens is 372 g/mol. The summed E-state index contributed by atoms with van der Waals surface area (Å²) in [6, 6.07) is 0. The maximum Gasteiger partial charge on any atom is 0.312 e. The minimum Gasteiger partial charge on any atom is -0.458 e. The molecule has 0 saturated heterocycles. The number of hydrogen-bond donors (Lipinski definition) is 0. The molecule has 4 bridgehead atoms. The van der Waals surface area contributed by atoms with Gasteiger partial charge in [-0.2, -0.15) is 0 Å². The molecule has 4 rings (SSSR count). The van der Waals surface area contributed by atoms with Crippen LogP contribution < -0.4 is 0 Å². The Morgan fingerprint density at radius 1 is 0.897 bits per heavy atom. The van der Waals surface area contributed by atoms with Gasteiger partial charge in [-0.25, -0.2) is 0 Å². The first-order valence-corrected chi connectivity index (χ1v) is 11.4. The molecule has 4 aliphatic rings. The van der Waals surface area contributed by atoms with Crippen LogP contribution in [0.5, 0.6) is 0 Å². The third kappa shape index (κ3) is 4.97. The predicted molar refractivity (Wildman–Crippen MR) is 109 cm³/mol. The van der Waals surface area contributed by atoms with Crippen molar-refractivity contribution in [3.8, 4) is 0 Å². The molecule has 0 aliphatic heterocycles.